The Labute approximate surface area is 139 Å². The zero-order valence-corrected chi connectivity index (χ0v) is 13.9. The van der Waals surface area contributed by atoms with Crippen molar-refractivity contribution >= 4 is 21.0 Å². The summed E-state index contributed by atoms with van der Waals surface area (Å²) in [5.74, 6) is -0.322. The molecule has 0 N–H and O–H groups in total. The Hall–Kier alpha value is -2.18. The summed E-state index contributed by atoms with van der Waals surface area (Å²) in [5.41, 5.74) is 2.69. The van der Waals surface area contributed by atoms with E-state index in [1.165, 1.54) is 24.3 Å². The molecule has 4 rings (SSSR count). The predicted molar refractivity (Wildman–Crippen MR) is 88.8 cm³/mol. The first-order chi connectivity index (χ1) is 11.4. The second-order valence-corrected chi connectivity index (χ2v) is 7.73. The number of hydrogen-bond donors (Lipinski definition) is 0. The van der Waals surface area contributed by atoms with Crippen molar-refractivity contribution in [2.24, 2.45) is 0 Å². The lowest BCUT2D eigenvalue weighted by atomic mass is 10.0. The molecule has 0 radical (unpaired) electrons. The first-order valence-electron chi connectivity index (χ1n) is 7.69. The Balaban J connectivity index is 1.64. The molecule has 1 unspecified atom stereocenters. The van der Waals surface area contributed by atoms with Gasteiger partial charge in [-0.25, -0.2) is 4.39 Å². The molecule has 0 bridgehead atoms. The van der Waals surface area contributed by atoms with Gasteiger partial charge in [0.15, 0.2) is 0 Å². The second kappa shape index (κ2) is 5.43. The molecule has 1 atom stereocenters. The van der Waals surface area contributed by atoms with Crippen LogP contribution >= 0.6 is 0 Å². The third-order valence-corrected chi connectivity index (χ3v) is 5.70. The standard InChI is InChI=1S/C18H16FNO3S/c1-12-2-4-17(5-3-12)24(21,22)23-16-10-14-9-15(19)8-13-6-7-20(11-16)18(13)14/h2-9,16H,10-11H2,1H3. The van der Waals surface area contributed by atoms with Gasteiger partial charge in [-0.2, -0.15) is 8.42 Å². The fourth-order valence-corrected chi connectivity index (χ4v) is 4.31. The normalized spacial score (nSPS) is 17.3. The summed E-state index contributed by atoms with van der Waals surface area (Å²) in [6.07, 6.45) is 1.64. The van der Waals surface area contributed by atoms with Crippen LogP contribution in [0, 0.1) is 12.7 Å². The Morgan fingerprint density at radius 2 is 1.92 bits per heavy atom. The Morgan fingerprint density at radius 3 is 2.67 bits per heavy atom. The highest BCUT2D eigenvalue weighted by Gasteiger charge is 2.27. The molecule has 3 aromatic rings. The molecule has 0 saturated carbocycles. The van der Waals surface area contributed by atoms with Gasteiger partial charge in [0, 0.05) is 18.0 Å². The highest BCUT2D eigenvalue weighted by molar-refractivity contribution is 7.86. The Morgan fingerprint density at radius 1 is 1.17 bits per heavy atom. The molecule has 0 fully saturated rings. The molecule has 0 amide bonds. The van der Waals surface area contributed by atoms with Gasteiger partial charge in [0.2, 0.25) is 0 Å². The molecule has 2 heterocycles. The third kappa shape index (κ3) is 2.61. The van der Waals surface area contributed by atoms with Crippen LogP contribution in [0.5, 0.6) is 0 Å². The van der Waals surface area contributed by atoms with Gasteiger partial charge < -0.3 is 4.57 Å². The Bertz CT molecular complexity index is 1020. The summed E-state index contributed by atoms with van der Waals surface area (Å²) in [7, 11) is -3.85. The van der Waals surface area contributed by atoms with E-state index in [-0.39, 0.29) is 10.7 Å². The van der Waals surface area contributed by atoms with E-state index >= 15 is 0 Å². The van der Waals surface area contributed by atoms with Crippen molar-refractivity contribution in [1.29, 1.82) is 0 Å². The lowest BCUT2D eigenvalue weighted by Crippen LogP contribution is -2.29. The quantitative estimate of drug-likeness (QED) is 0.684. The summed E-state index contributed by atoms with van der Waals surface area (Å²) in [6, 6.07) is 11.3. The highest BCUT2D eigenvalue weighted by atomic mass is 32.2. The van der Waals surface area contributed by atoms with Gasteiger partial charge in [-0.05, 0) is 42.8 Å². The van der Waals surface area contributed by atoms with Crippen LogP contribution in [0.1, 0.15) is 11.1 Å². The lowest BCUT2D eigenvalue weighted by Gasteiger charge is -2.24. The number of rotatable bonds is 3. The molecule has 1 aliphatic rings. The number of halogens is 1. The minimum atomic E-state index is -3.85. The van der Waals surface area contributed by atoms with E-state index in [9.17, 15) is 12.8 Å². The smallest absolute Gasteiger partial charge is 0.297 e. The monoisotopic (exact) mass is 345 g/mol. The summed E-state index contributed by atoms with van der Waals surface area (Å²) in [4.78, 5) is 0.135. The average Bonchev–Trinajstić information content (AvgIpc) is 2.90. The number of hydrogen-bond acceptors (Lipinski definition) is 3. The number of aromatic nitrogens is 1. The maximum Gasteiger partial charge on any atom is 0.297 e. The van der Waals surface area contributed by atoms with Crippen molar-refractivity contribution < 1.29 is 17.0 Å². The summed E-state index contributed by atoms with van der Waals surface area (Å²) in [5, 5.41) is 0.824. The fraction of sp³-hybridized carbons (Fsp3) is 0.222. The van der Waals surface area contributed by atoms with E-state index in [2.05, 4.69) is 0 Å². The summed E-state index contributed by atoms with van der Waals surface area (Å²) in [6.45, 7) is 2.31. The van der Waals surface area contributed by atoms with Gasteiger partial charge in [-0.3, -0.25) is 4.18 Å². The maximum absolute atomic E-state index is 13.7. The van der Waals surface area contributed by atoms with Crippen LogP contribution in [0.15, 0.2) is 53.6 Å². The van der Waals surface area contributed by atoms with Gasteiger partial charge in [-0.15, -0.1) is 0 Å². The number of benzene rings is 2. The molecule has 0 aliphatic carbocycles. The molecule has 0 spiro atoms. The van der Waals surface area contributed by atoms with Crippen LogP contribution in [-0.2, 0) is 27.3 Å². The summed E-state index contributed by atoms with van der Waals surface area (Å²) >= 11 is 0. The van der Waals surface area contributed by atoms with E-state index in [4.69, 9.17) is 4.18 Å². The van der Waals surface area contributed by atoms with Gasteiger partial charge in [0.1, 0.15) is 5.82 Å². The topological polar surface area (TPSA) is 48.3 Å². The predicted octanol–water partition coefficient (Wildman–Crippen LogP) is 3.42. The zero-order valence-electron chi connectivity index (χ0n) is 13.1. The van der Waals surface area contributed by atoms with Crippen molar-refractivity contribution in [2.45, 2.75) is 30.9 Å². The van der Waals surface area contributed by atoms with Gasteiger partial charge in [0.25, 0.3) is 10.1 Å². The van der Waals surface area contributed by atoms with E-state index in [0.717, 1.165) is 22.0 Å². The van der Waals surface area contributed by atoms with Crippen molar-refractivity contribution in [3.63, 3.8) is 0 Å². The number of aryl methyl sites for hydroxylation is 1. The highest BCUT2D eigenvalue weighted by Crippen LogP contribution is 2.29. The van der Waals surface area contributed by atoms with Crippen LogP contribution in [0.2, 0.25) is 0 Å². The van der Waals surface area contributed by atoms with Crippen molar-refractivity contribution in [2.75, 3.05) is 0 Å². The SMILES string of the molecule is Cc1ccc(S(=O)(=O)OC2Cc3cc(F)cc4ccn(c34)C2)cc1. The molecular formula is C18H16FNO3S. The van der Waals surface area contributed by atoms with E-state index in [1.54, 1.807) is 12.1 Å². The summed E-state index contributed by atoms with van der Waals surface area (Å²) < 4.78 is 46.0. The fourth-order valence-electron chi connectivity index (χ4n) is 3.24. The van der Waals surface area contributed by atoms with Crippen LogP contribution < -0.4 is 0 Å². The van der Waals surface area contributed by atoms with Crippen LogP contribution in [0.25, 0.3) is 10.9 Å². The first kappa shape index (κ1) is 15.4. The average molecular weight is 345 g/mol. The molecule has 0 saturated heterocycles. The van der Waals surface area contributed by atoms with Crippen LogP contribution in [0.4, 0.5) is 4.39 Å². The van der Waals surface area contributed by atoms with Gasteiger partial charge in [0.05, 0.1) is 23.1 Å². The van der Waals surface area contributed by atoms with Crippen molar-refractivity contribution in [1.82, 2.24) is 4.57 Å². The largest absolute Gasteiger partial charge is 0.345 e. The third-order valence-electron chi connectivity index (χ3n) is 4.32. The molecule has 1 aromatic heterocycles. The lowest BCUT2D eigenvalue weighted by molar-refractivity contribution is 0.184. The molecule has 2 aromatic carbocycles. The maximum atomic E-state index is 13.7. The molecule has 4 nitrogen and oxygen atoms in total. The van der Waals surface area contributed by atoms with Gasteiger partial charge in [-0.1, -0.05) is 17.7 Å². The molecule has 24 heavy (non-hydrogen) atoms. The van der Waals surface area contributed by atoms with Crippen molar-refractivity contribution in [3.05, 3.63) is 65.6 Å². The van der Waals surface area contributed by atoms with Gasteiger partial charge >= 0.3 is 0 Å². The van der Waals surface area contributed by atoms with E-state index < -0.39 is 16.2 Å². The van der Waals surface area contributed by atoms with Crippen LogP contribution in [-0.4, -0.2) is 19.1 Å². The number of nitrogens with zero attached hydrogens (tertiary/aromatic N) is 1. The first-order valence-corrected chi connectivity index (χ1v) is 9.10. The Kier molecular flexibility index (Phi) is 3.47. The molecule has 124 valence electrons. The molecule has 1 aliphatic heterocycles. The van der Waals surface area contributed by atoms with E-state index in [0.29, 0.717) is 13.0 Å². The zero-order chi connectivity index (χ0) is 16.9. The molecular weight excluding hydrogens is 329 g/mol. The van der Waals surface area contributed by atoms with Crippen molar-refractivity contribution in [3.8, 4) is 0 Å². The minimum Gasteiger partial charge on any atom is -0.345 e. The molecule has 6 heteroatoms. The second-order valence-electron chi connectivity index (χ2n) is 6.16. The van der Waals surface area contributed by atoms with E-state index in [1.807, 2.05) is 23.8 Å². The minimum absolute atomic E-state index is 0.135. The van der Waals surface area contributed by atoms with Crippen LogP contribution in [0.3, 0.4) is 0 Å².